The Morgan fingerprint density at radius 2 is 1.40 bits per heavy atom. The summed E-state index contributed by atoms with van der Waals surface area (Å²) in [5.41, 5.74) is 5.31. The molecule has 5 rings (SSSR count). The minimum absolute atomic E-state index is 0.119. The zero-order valence-electron chi connectivity index (χ0n) is 24.8. The minimum Gasteiger partial charge on any atom is -0.487 e. The van der Waals surface area contributed by atoms with Crippen molar-refractivity contribution < 1.29 is 24.2 Å². The van der Waals surface area contributed by atoms with Crippen LogP contribution in [0.25, 0.3) is 0 Å². The maximum Gasteiger partial charge on any atom is 0.335 e. The molecule has 2 aromatic carbocycles. The second-order valence-electron chi connectivity index (χ2n) is 13.3. The minimum atomic E-state index is -0.972. The Morgan fingerprint density at radius 1 is 0.905 bits per heavy atom. The smallest absolute Gasteiger partial charge is 0.335 e. The number of benzene rings is 2. The monoisotopic (exact) mass is 697 g/mol. The number of ether oxygens (including phenoxy) is 1. The third-order valence-electron chi connectivity index (χ3n) is 8.41. The molecule has 2 aliphatic carbocycles. The lowest BCUT2D eigenvalue weighted by atomic mass is 9.63. The van der Waals surface area contributed by atoms with Crippen LogP contribution in [-0.2, 0) is 16.2 Å². The Bertz CT molecular complexity index is 1460. The molecular formula is C34H37Br2NO5. The summed E-state index contributed by atoms with van der Waals surface area (Å²) in [4.78, 5) is 41.4. The van der Waals surface area contributed by atoms with Gasteiger partial charge in [-0.25, -0.2) is 4.79 Å². The molecule has 8 heteroatoms. The van der Waals surface area contributed by atoms with Crippen molar-refractivity contribution in [2.75, 3.05) is 6.54 Å². The normalized spacial score (nSPS) is 20.0. The van der Waals surface area contributed by atoms with Crippen molar-refractivity contribution in [3.8, 4) is 5.75 Å². The maximum atomic E-state index is 13.9. The zero-order chi connectivity index (χ0) is 30.6. The van der Waals surface area contributed by atoms with Gasteiger partial charge in [0.05, 0.1) is 14.5 Å². The third kappa shape index (κ3) is 5.89. The van der Waals surface area contributed by atoms with E-state index in [9.17, 15) is 14.4 Å². The van der Waals surface area contributed by atoms with Gasteiger partial charge >= 0.3 is 5.97 Å². The largest absolute Gasteiger partial charge is 0.487 e. The SMILES string of the molecule is CCCN1C2=C(C(=O)CC(C)(C)C2)C(c2cc(Br)c(OCc3ccc(C(=O)O)cc3)c(Br)c2)C2=C1CC(C)(C)CC2=O. The molecule has 0 unspecified atom stereocenters. The highest BCUT2D eigenvalue weighted by Crippen LogP contribution is 2.55. The number of halogens is 2. The Balaban J connectivity index is 1.58. The lowest BCUT2D eigenvalue weighted by molar-refractivity contribution is -0.119. The Hall–Kier alpha value is -2.71. The molecule has 222 valence electrons. The molecule has 0 spiro atoms. The fraction of sp³-hybridized carbons (Fsp3) is 0.441. The van der Waals surface area contributed by atoms with Crippen LogP contribution in [0.15, 0.2) is 67.9 Å². The van der Waals surface area contributed by atoms with Crippen LogP contribution in [0.3, 0.4) is 0 Å². The number of Topliss-reactive ketones (excluding diaryl/α,β-unsaturated/α-hetero) is 2. The molecule has 1 heterocycles. The van der Waals surface area contributed by atoms with Crippen LogP contribution in [-0.4, -0.2) is 34.1 Å². The summed E-state index contributed by atoms with van der Waals surface area (Å²) in [5.74, 6) is -0.566. The Labute approximate surface area is 264 Å². The summed E-state index contributed by atoms with van der Waals surface area (Å²) < 4.78 is 7.57. The second-order valence-corrected chi connectivity index (χ2v) is 15.0. The van der Waals surface area contributed by atoms with Crippen molar-refractivity contribution >= 4 is 49.4 Å². The highest BCUT2D eigenvalue weighted by atomic mass is 79.9. The van der Waals surface area contributed by atoms with E-state index >= 15 is 0 Å². The summed E-state index contributed by atoms with van der Waals surface area (Å²) in [6.07, 6.45) is 3.41. The molecule has 0 radical (unpaired) electrons. The van der Waals surface area contributed by atoms with E-state index in [4.69, 9.17) is 9.84 Å². The van der Waals surface area contributed by atoms with Gasteiger partial charge in [-0.3, -0.25) is 9.59 Å². The van der Waals surface area contributed by atoms with Crippen molar-refractivity contribution in [2.45, 2.75) is 79.2 Å². The van der Waals surface area contributed by atoms with E-state index in [1.807, 2.05) is 12.1 Å². The summed E-state index contributed by atoms with van der Waals surface area (Å²) in [6.45, 7) is 11.8. The number of rotatable bonds is 7. The van der Waals surface area contributed by atoms with Gasteiger partial charge in [-0.1, -0.05) is 46.8 Å². The molecule has 0 amide bonds. The van der Waals surface area contributed by atoms with Gasteiger partial charge in [-0.2, -0.15) is 0 Å². The van der Waals surface area contributed by atoms with E-state index in [0.29, 0.717) is 27.5 Å². The number of nitrogens with zero attached hydrogens (tertiary/aromatic N) is 1. The van der Waals surface area contributed by atoms with Crippen LogP contribution in [0.4, 0.5) is 0 Å². The van der Waals surface area contributed by atoms with Crippen LogP contribution in [0.1, 0.15) is 94.1 Å². The summed E-state index contributed by atoms with van der Waals surface area (Å²) in [6, 6.07) is 10.5. The van der Waals surface area contributed by atoms with Crippen LogP contribution in [0, 0.1) is 10.8 Å². The van der Waals surface area contributed by atoms with E-state index in [1.165, 1.54) is 0 Å². The number of hydrogen-bond donors (Lipinski definition) is 1. The maximum absolute atomic E-state index is 13.9. The zero-order valence-corrected chi connectivity index (χ0v) is 27.9. The Kier molecular flexibility index (Phi) is 8.36. The van der Waals surface area contributed by atoms with Crippen LogP contribution >= 0.6 is 31.9 Å². The predicted octanol–water partition coefficient (Wildman–Crippen LogP) is 8.58. The van der Waals surface area contributed by atoms with E-state index in [-0.39, 0.29) is 34.6 Å². The highest BCUT2D eigenvalue weighted by Gasteiger charge is 2.49. The van der Waals surface area contributed by atoms with Crippen molar-refractivity contribution in [1.29, 1.82) is 0 Å². The fourth-order valence-corrected chi connectivity index (χ4v) is 8.11. The van der Waals surface area contributed by atoms with Crippen molar-refractivity contribution in [2.24, 2.45) is 10.8 Å². The molecule has 2 aromatic rings. The van der Waals surface area contributed by atoms with E-state index in [1.54, 1.807) is 24.3 Å². The van der Waals surface area contributed by atoms with Gasteiger partial charge in [-0.15, -0.1) is 0 Å². The van der Waals surface area contributed by atoms with Gasteiger partial charge in [0.2, 0.25) is 0 Å². The first kappa shape index (κ1) is 30.7. The van der Waals surface area contributed by atoms with Gasteiger partial charge in [0.1, 0.15) is 12.4 Å². The Morgan fingerprint density at radius 3 is 1.86 bits per heavy atom. The number of carboxylic acid groups (broad SMARTS) is 1. The van der Waals surface area contributed by atoms with Gasteiger partial charge < -0.3 is 14.7 Å². The standard InChI is InChI=1S/C34H37Br2NO5/c1-6-11-37-24-14-33(2,3)16-26(38)29(24)28(30-25(37)15-34(4,5)17-27(30)39)21-12-22(35)31(23(36)13-21)42-18-19-7-9-20(10-8-19)32(40)41/h7-10,12-13,28H,6,11,14-18H2,1-5H3,(H,40,41). The third-order valence-corrected chi connectivity index (χ3v) is 9.59. The van der Waals surface area contributed by atoms with Gasteiger partial charge in [0, 0.05) is 47.8 Å². The molecule has 42 heavy (non-hydrogen) atoms. The van der Waals surface area contributed by atoms with E-state index in [0.717, 1.165) is 59.5 Å². The molecule has 0 aromatic heterocycles. The molecule has 0 saturated heterocycles. The molecule has 0 fully saturated rings. The topological polar surface area (TPSA) is 83.9 Å². The average Bonchev–Trinajstić information content (AvgIpc) is 2.87. The van der Waals surface area contributed by atoms with Crippen molar-refractivity contribution in [3.05, 3.63) is 84.6 Å². The molecule has 0 saturated carbocycles. The first-order valence-electron chi connectivity index (χ1n) is 14.5. The molecule has 1 N–H and O–H groups in total. The number of carbonyl (C=O) groups excluding carboxylic acids is 2. The number of hydrogen-bond acceptors (Lipinski definition) is 5. The molecule has 6 nitrogen and oxygen atoms in total. The summed E-state index contributed by atoms with van der Waals surface area (Å²) in [5, 5.41) is 9.16. The fourth-order valence-electron chi connectivity index (χ4n) is 6.66. The van der Waals surface area contributed by atoms with E-state index in [2.05, 4.69) is 71.4 Å². The lowest BCUT2D eigenvalue weighted by Gasteiger charge is -2.49. The van der Waals surface area contributed by atoms with Crippen LogP contribution in [0.2, 0.25) is 0 Å². The number of ketones is 2. The van der Waals surface area contributed by atoms with Crippen LogP contribution < -0.4 is 4.74 Å². The van der Waals surface area contributed by atoms with Gasteiger partial charge in [0.15, 0.2) is 11.6 Å². The number of carbonyl (C=O) groups is 3. The lowest BCUT2D eigenvalue weighted by Crippen LogP contribution is -2.44. The molecule has 1 aliphatic heterocycles. The molecule has 3 aliphatic rings. The quantitative estimate of drug-likeness (QED) is 0.312. The predicted molar refractivity (Wildman–Crippen MR) is 169 cm³/mol. The number of aromatic carboxylic acids is 1. The second kappa shape index (κ2) is 11.4. The molecule has 0 bridgehead atoms. The van der Waals surface area contributed by atoms with Crippen molar-refractivity contribution in [3.63, 3.8) is 0 Å². The summed E-state index contributed by atoms with van der Waals surface area (Å²) in [7, 11) is 0. The van der Waals surface area contributed by atoms with Crippen molar-refractivity contribution in [1.82, 2.24) is 4.90 Å². The van der Waals surface area contributed by atoms with Gasteiger partial charge in [0.25, 0.3) is 0 Å². The van der Waals surface area contributed by atoms with Gasteiger partial charge in [-0.05, 0) is 97.3 Å². The average molecular weight is 699 g/mol. The van der Waals surface area contributed by atoms with E-state index < -0.39 is 11.9 Å². The molecular weight excluding hydrogens is 662 g/mol. The highest BCUT2D eigenvalue weighted by molar-refractivity contribution is 9.11. The molecule has 0 atom stereocenters. The first-order chi connectivity index (χ1) is 19.7. The number of allylic oxidation sites excluding steroid dienone is 4. The summed E-state index contributed by atoms with van der Waals surface area (Å²) >= 11 is 7.41. The first-order valence-corrected chi connectivity index (χ1v) is 16.0. The van der Waals surface area contributed by atoms with Crippen LogP contribution in [0.5, 0.6) is 5.75 Å². The number of carboxylic acids is 1.